The van der Waals surface area contributed by atoms with E-state index in [1.165, 1.54) is 0 Å². The van der Waals surface area contributed by atoms with Crippen LogP contribution in [-0.4, -0.2) is 243 Å². The number of hydrogen-bond acceptors (Lipinski definition) is 28. The van der Waals surface area contributed by atoms with E-state index in [-0.39, 0.29) is 11.9 Å². The fraction of sp³-hybridized carbons (Fsp3) is 0.983. The number of rotatable bonds is 57. The minimum Gasteiger partial charge on any atom is -0.465 e. The summed E-state index contributed by atoms with van der Waals surface area (Å²) in [6, 6.07) is 0.655. The first-order valence-corrected chi connectivity index (χ1v) is 113. The van der Waals surface area contributed by atoms with Crippen molar-refractivity contribution in [1.82, 2.24) is 0 Å². The van der Waals surface area contributed by atoms with Gasteiger partial charge in [-0.05, 0) is 353 Å². The molecule has 0 bridgehead atoms. The monoisotopic (exact) mass is 2070 g/mol. The predicted octanol–water partition coefficient (Wildman–Crippen LogP) is 19.9. The van der Waals surface area contributed by atoms with Crippen molar-refractivity contribution in [1.29, 1.82) is 0 Å². The Bertz CT molecular complexity index is 2990. The van der Waals surface area contributed by atoms with E-state index in [0.29, 0.717) is 19.1 Å². The maximum absolute atomic E-state index is 12.3. The molecule has 2 unspecified atom stereocenters. The summed E-state index contributed by atoms with van der Waals surface area (Å²) in [6.07, 6.45) is 1.38. The van der Waals surface area contributed by atoms with Crippen molar-refractivity contribution in [3.8, 4) is 0 Å². The summed E-state index contributed by atoms with van der Waals surface area (Å²) in [5.41, 5.74) is 0. The standard InChI is InChI=1S/C60H172O28Si26/c1-55-59(2)60(61)63-57-56-58-114(54,62-3)88-113(52,53)87-112(50,51)86-111(48,49)85-110(46,47)84-109(44,45)83-108(42,43)82-107(40,41)81-106(38,39)80-105(36,37)79-104(34,35)78-103(32,33)77-102(30,31)76-101(28,29)75-100(26,27)74-99(24,25)73-98(22,23)72-97(20,21)71-96(18,19)70-95(16,17)69-94(14,15)68-93(12,13)67-92(10,11)66-91(8,9)65-90(6,7)64-89(4)5/h59,89H,55-58H2,1-54H3. The molecule has 0 aliphatic rings. The van der Waals surface area contributed by atoms with E-state index in [2.05, 4.69) is 170 Å². The van der Waals surface area contributed by atoms with Crippen LogP contribution in [0, 0.1) is 5.92 Å². The molecule has 0 heterocycles. The average Bonchev–Trinajstić information content (AvgIpc) is 0.803. The quantitative estimate of drug-likeness (QED) is 0.0311. The molecular weight excluding hydrogens is 1900 g/mol. The van der Waals surface area contributed by atoms with Crippen LogP contribution in [0.4, 0.5) is 0 Å². The molecule has 684 valence electrons. The van der Waals surface area contributed by atoms with Gasteiger partial charge in [-0.3, -0.25) is 4.79 Å². The van der Waals surface area contributed by atoms with Gasteiger partial charge in [0.05, 0.1) is 12.5 Å². The van der Waals surface area contributed by atoms with Crippen molar-refractivity contribution in [3.05, 3.63) is 0 Å². The zero-order chi connectivity index (χ0) is 91.2. The minimum absolute atomic E-state index is 0.127. The van der Waals surface area contributed by atoms with Crippen LogP contribution in [-0.2, 0) is 117 Å². The summed E-state index contributed by atoms with van der Waals surface area (Å²) in [7, 11) is -70.6. The van der Waals surface area contributed by atoms with E-state index in [1.54, 1.807) is 7.11 Å². The fourth-order valence-electron chi connectivity index (χ4n) is 16.3. The third kappa shape index (κ3) is 53.1. The number of carbonyl (C=O) groups is 1. The Morgan fingerprint density at radius 1 is 0.237 bits per heavy atom. The molecule has 2 atom stereocenters. The molecule has 0 aliphatic carbocycles. The number of hydrogen-bond donors (Lipinski definition) is 0. The molecule has 0 spiro atoms. The van der Waals surface area contributed by atoms with Gasteiger partial charge in [0.2, 0.25) is 0 Å². The van der Waals surface area contributed by atoms with Crippen molar-refractivity contribution in [2.45, 2.75) is 367 Å². The number of ether oxygens (including phenoxy) is 1. The smallest absolute Gasteiger partial charge is 0.326 e. The molecule has 28 nitrogen and oxygen atoms in total. The van der Waals surface area contributed by atoms with Crippen LogP contribution >= 0.6 is 0 Å². The van der Waals surface area contributed by atoms with E-state index in [9.17, 15) is 4.79 Å². The van der Waals surface area contributed by atoms with Gasteiger partial charge in [0.25, 0.3) is 0 Å². The molecule has 0 rings (SSSR count). The molecule has 0 fully saturated rings. The van der Waals surface area contributed by atoms with Crippen molar-refractivity contribution >= 4 is 229 Å². The summed E-state index contributed by atoms with van der Waals surface area (Å²) in [5.74, 6) is -0.305. The van der Waals surface area contributed by atoms with Crippen LogP contribution in [0.3, 0.4) is 0 Å². The lowest BCUT2D eigenvalue weighted by atomic mass is 10.1. The van der Waals surface area contributed by atoms with Crippen LogP contribution in [0.1, 0.15) is 26.7 Å². The van der Waals surface area contributed by atoms with E-state index >= 15 is 0 Å². The fourth-order valence-corrected chi connectivity index (χ4v) is 149. The highest BCUT2D eigenvalue weighted by Gasteiger charge is 2.57. The lowest BCUT2D eigenvalue weighted by molar-refractivity contribution is -0.148. The Labute approximate surface area is 725 Å². The Morgan fingerprint density at radius 3 is 0.491 bits per heavy atom. The molecular formula is C60H172O28Si26. The van der Waals surface area contributed by atoms with Gasteiger partial charge in [0.1, 0.15) is 0 Å². The van der Waals surface area contributed by atoms with E-state index in [4.69, 9.17) is 112 Å². The first-order chi connectivity index (χ1) is 49.3. The summed E-state index contributed by atoms with van der Waals surface area (Å²) in [4.78, 5) is 12.3. The number of carbonyl (C=O) groups excluding carboxylic acids is 1. The average molecular weight is 2070 g/mol. The Balaban J connectivity index is 5.91. The van der Waals surface area contributed by atoms with Gasteiger partial charge in [-0.1, -0.05) is 13.8 Å². The van der Waals surface area contributed by atoms with Crippen molar-refractivity contribution in [3.63, 3.8) is 0 Å². The normalized spacial score (nSPS) is 16.5. The highest BCUT2D eigenvalue weighted by molar-refractivity contribution is 6.98. The summed E-state index contributed by atoms with van der Waals surface area (Å²) in [6.45, 7) is 109. The molecule has 54 heteroatoms. The zero-order valence-electron chi connectivity index (χ0n) is 82.4. The molecule has 0 N–H and O–H groups in total. The van der Waals surface area contributed by atoms with Gasteiger partial charge in [0, 0.05) is 7.11 Å². The highest BCUT2D eigenvalue weighted by Crippen LogP contribution is 2.37. The Morgan fingerprint density at radius 2 is 0.368 bits per heavy atom. The molecule has 0 aromatic heterocycles. The first kappa shape index (κ1) is 118. The van der Waals surface area contributed by atoms with Gasteiger partial charge in [-0.2, -0.15) is 0 Å². The van der Waals surface area contributed by atoms with Crippen LogP contribution in [0.25, 0.3) is 0 Å². The second kappa shape index (κ2) is 41.9. The van der Waals surface area contributed by atoms with Crippen molar-refractivity contribution in [2.75, 3.05) is 13.7 Å². The molecule has 0 aliphatic heterocycles. The molecule has 0 saturated carbocycles. The third-order valence-electron chi connectivity index (χ3n) is 14.8. The number of esters is 1. The maximum atomic E-state index is 12.3. The topological polar surface area (TPSA) is 266 Å². The zero-order valence-corrected chi connectivity index (χ0v) is 109. The maximum Gasteiger partial charge on any atom is 0.326 e. The van der Waals surface area contributed by atoms with Crippen molar-refractivity contribution < 1.29 is 117 Å². The second-order valence-corrected chi connectivity index (χ2v) is 134. The van der Waals surface area contributed by atoms with Crippen LogP contribution in [0.15, 0.2) is 0 Å². The molecule has 114 heavy (non-hydrogen) atoms. The second-order valence-electron chi connectivity index (χ2n) is 41.1. The lowest BCUT2D eigenvalue weighted by Crippen LogP contribution is -2.63. The molecule has 0 amide bonds. The largest absolute Gasteiger partial charge is 0.465 e. The summed E-state index contributed by atoms with van der Waals surface area (Å²) in [5, 5.41) is 0. The van der Waals surface area contributed by atoms with Gasteiger partial charge in [-0.25, -0.2) is 0 Å². The SMILES string of the molecule is CCC(C)C(=O)OCCC[Si](C)(OC)O[Si](C)(C)O[Si](C)(C)O[Si](C)(C)O[Si](C)(C)O[Si](C)(C)O[Si](C)(C)O[Si](C)(C)O[Si](C)(C)O[Si](C)(C)O[Si](C)(C)O[Si](C)(C)O[Si](C)(C)O[Si](C)(C)O[Si](C)(C)O[Si](C)(C)O[Si](C)(C)O[Si](C)(C)O[Si](C)(C)O[Si](C)(C)O[Si](C)(C)O[Si](C)(C)O[Si](C)(C)O[Si](C)(C)O[Si](C)(C)O[SiH](C)C. The Kier molecular flexibility index (Phi) is 43.4. The van der Waals surface area contributed by atoms with Gasteiger partial charge >= 0.3 is 220 Å². The van der Waals surface area contributed by atoms with Crippen molar-refractivity contribution in [2.24, 2.45) is 5.92 Å². The molecule has 0 saturated heterocycles. The van der Waals surface area contributed by atoms with Crippen LogP contribution < -0.4 is 0 Å². The van der Waals surface area contributed by atoms with Crippen LogP contribution in [0.5, 0.6) is 0 Å². The summed E-state index contributed by atoms with van der Waals surface area (Å²) >= 11 is 0. The Hall–Kier alpha value is 4.07. The molecule has 0 aromatic carbocycles. The van der Waals surface area contributed by atoms with E-state index in [1.807, 2.05) is 178 Å². The predicted molar refractivity (Wildman–Crippen MR) is 524 cm³/mol. The third-order valence-corrected chi connectivity index (χ3v) is 115. The lowest BCUT2D eigenvalue weighted by Gasteiger charge is -2.45. The van der Waals surface area contributed by atoms with Gasteiger partial charge < -0.3 is 112 Å². The van der Waals surface area contributed by atoms with Gasteiger partial charge in [0.15, 0.2) is 9.04 Å². The molecule has 0 aromatic rings. The van der Waals surface area contributed by atoms with Gasteiger partial charge in [-0.15, -0.1) is 0 Å². The van der Waals surface area contributed by atoms with Crippen LogP contribution in [0.2, 0.25) is 340 Å². The van der Waals surface area contributed by atoms with E-state index < -0.39 is 223 Å². The molecule has 0 radical (unpaired) electrons. The first-order valence-electron chi connectivity index (χ1n) is 40.5. The summed E-state index contributed by atoms with van der Waals surface area (Å²) < 4.78 is 184. The highest BCUT2D eigenvalue weighted by atomic mass is 28.6. The van der Waals surface area contributed by atoms with E-state index in [0.717, 1.165) is 6.42 Å². The minimum atomic E-state index is -2.93.